The van der Waals surface area contributed by atoms with Gasteiger partial charge in [0.2, 0.25) is 0 Å². The molecule has 3 nitrogen and oxygen atoms in total. The van der Waals surface area contributed by atoms with Crippen molar-refractivity contribution in [3.8, 4) is 10.6 Å². The van der Waals surface area contributed by atoms with Crippen LogP contribution in [-0.2, 0) is 6.54 Å². The summed E-state index contributed by atoms with van der Waals surface area (Å²) in [4.78, 5) is 9.82. The lowest BCUT2D eigenvalue weighted by Gasteiger charge is -2.35. The Labute approximate surface area is 153 Å². The maximum absolute atomic E-state index is 4.84. The number of thiazole rings is 1. The molecule has 0 aliphatic carbocycles. The Hall–Kier alpha value is -2.17. The van der Waals surface area contributed by atoms with Crippen molar-refractivity contribution in [2.75, 3.05) is 31.1 Å². The second-order valence-electron chi connectivity index (χ2n) is 6.61. The predicted octanol–water partition coefficient (Wildman–Crippen LogP) is 4.44. The fourth-order valence-corrected chi connectivity index (χ4v) is 4.06. The van der Waals surface area contributed by atoms with Gasteiger partial charge >= 0.3 is 0 Å². The van der Waals surface area contributed by atoms with Crippen molar-refractivity contribution in [3.63, 3.8) is 0 Å². The molecule has 0 radical (unpaired) electrons. The Morgan fingerprint density at radius 3 is 2.36 bits per heavy atom. The molecule has 4 heteroatoms. The zero-order valence-corrected chi connectivity index (χ0v) is 15.4. The van der Waals surface area contributed by atoms with Crippen LogP contribution in [0.2, 0.25) is 0 Å². The molecular formula is C21H23N3S. The van der Waals surface area contributed by atoms with Crippen LogP contribution in [-0.4, -0.2) is 36.1 Å². The largest absolute Gasteiger partial charge is 0.369 e. The highest BCUT2D eigenvalue weighted by molar-refractivity contribution is 7.13. The second-order valence-corrected chi connectivity index (χ2v) is 7.47. The van der Waals surface area contributed by atoms with Crippen LogP contribution in [0.4, 0.5) is 5.69 Å². The molecule has 2 aromatic carbocycles. The summed E-state index contributed by atoms with van der Waals surface area (Å²) < 4.78 is 0. The Morgan fingerprint density at radius 2 is 1.64 bits per heavy atom. The summed E-state index contributed by atoms with van der Waals surface area (Å²) in [5, 5.41) is 3.33. The van der Waals surface area contributed by atoms with Crippen LogP contribution in [0.5, 0.6) is 0 Å². The number of nitrogens with zero attached hydrogens (tertiary/aromatic N) is 3. The van der Waals surface area contributed by atoms with Crippen LogP contribution in [0.15, 0.2) is 60.0 Å². The van der Waals surface area contributed by atoms with E-state index >= 15 is 0 Å². The van der Waals surface area contributed by atoms with E-state index in [0.29, 0.717) is 0 Å². The molecule has 1 aromatic heterocycles. The molecule has 1 fully saturated rings. The lowest BCUT2D eigenvalue weighted by molar-refractivity contribution is 0.247. The minimum Gasteiger partial charge on any atom is -0.369 e. The quantitative estimate of drug-likeness (QED) is 0.694. The fourth-order valence-electron chi connectivity index (χ4n) is 3.24. The highest BCUT2D eigenvalue weighted by Gasteiger charge is 2.18. The first kappa shape index (κ1) is 16.3. The second kappa shape index (κ2) is 7.38. The number of para-hydroxylation sites is 1. The smallest absolute Gasteiger partial charge is 0.123 e. The van der Waals surface area contributed by atoms with Crippen LogP contribution < -0.4 is 4.90 Å². The Bertz CT molecular complexity index is 803. The van der Waals surface area contributed by atoms with Gasteiger partial charge in [0.25, 0.3) is 0 Å². The lowest BCUT2D eigenvalue weighted by atomic mass is 10.2. The number of anilines is 1. The summed E-state index contributed by atoms with van der Waals surface area (Å²) in [6.45, 7) is 7.41. The normalized spacial score (nSPS) is 15.5. The van der Waals surface area contributed by atoms with E-state index in [1.165, 1.54) is 22.5 Å². The molecule has 1 aliphatic heterocycles. The minimum absolute atomic E-state index is 0.949. The van der Waals surface area contributed by atoms with Gasteiger partial charge in [0.1, 0.15) is 5.01 Å². The maximum atomic E-state index is 4.84. The molecule has 0 spiro atoms. The van der Waals surface area contributed by atoms with Crippen molar-refractivity contribution in [2.24, 2.45) is 0 Å². The summed E-state index contributed by atoms with van der Waals surface area (Å²) in [5.74, 6) is 0. The topological polar surface area (TPSA) is 19.4 Å². The van der Waals surface area contributed by atoms with E-state index in [1.807, 2.05) is 0 Å². The maximum Gasteiger partial charge on any atom is 0.123 e. The first-order valence-electron chi connectivity index (χ1n) is 8.82. The average molecular weight is 350 g/mol. The molecule has 0 saturated carbocycles. The van der Waals surface area contributed by atoms with E-state index in [0.717, 1.165) is 37.7 Å². The standard InChI is InChI=1S/C21H23N3S/c1-17-7-9-18(10-8-17)21-22-19(16-25-21)15-23-11-13-24(14-12-23)20-5-3-2-4-6-20/h2-10,16H,11-15H2,1H3. The third-order valence-corrected chi connectivity index (χ3v) is 5.67. The molecule has 0 N–H and O–H groups in total. The van der Waals surface area contributed by atoms with Crippen LogP contribution in [0.3, 0.4) is 0 Å². The van der Waals surface area contributed by atoms with Gasteiger partial charge in [-0.2, -0.15) is 0 Å². The Morgan fingerprint density at radius 1 is 0.920 bits per heavy atom. The zero-order valence-electron chi connectivity index (χ0n) is 14.6. The van der Waals surface area contributed by atoms with E-state index in [4.69, 9.17) is 4.98 Å². The van der Waals surface area contributed by atoms with Gasteiger partial charge in [-0.15, -0.1) is 11.3 Å². The van der Waals surface area contributed by atoms with Crippen molar-refractivity contribution in [1.29, 1.82) is 0 Å². The van der Waals surface area contributed by atoms with Gasteiger partial charge in [-0.3, -0.25) is 4.90 Å². The average Bonchev–Trinajstić information content (AvgIpc) is 3.12. The monoisotopic (exact) mass is 349 g/mol. The van der Waals surface area contributed by atoms with Crippen LogP contribution in [0.1, 0.15) is 11.3 Å². The number of hydrogen-bond acceptors (Lipinski definition) is 4. The third kappa shape index (κ3) is 3.91. The van der Waals surface area contributed by atoms with Crippen molar-refractivity contribution in [2.45, 2.75) is 13.5 Å². The summed E-state index contributed by atoms with van der Waals surface area (Å²) in [7, 11) is 0. The minimum atomic E-state index is 0.949. The summed E-state index contributed by atoms with van der Waals surface area (Å²) >= 11 is 1.75. The van der Waals surface area contributed by atoms with Gasteiger partial charge in [0, 0.05) is 49.4 Å². The van der Waals surface area contributed by atoms with Crippen LogP contribution >= 0.6 is 11.3 Å². The molecule has 3 aromatic rings. The summed E-state index contributed by atoms with van der Waals surface area (Å²) in [6, 6.07) is 19.3. The van der Waals surface area contributed by atoms with Gasteiger partial charge < -0.3 is 4.90 Å². The van der Waals surface area contributed by atoms with E-state index in [-0.39, 0.29) is 0 Å². The lowest BCUT2D eigenvalue weighted by Crippen LogP contribution is -2.46. The first-order valence-corrected chi connectivity index (χ1v) is 9.70. The van der Waals surface area contributed by atoms with Crippen molar-refractivity contribution < 1.29 is 0 Å². The molecule has 2 heterocycles. The van der Waals surface area contributed by atoms with Crippen molar-refractivity contribution >= 4 is 17.0 Å². The van der Waals surface area contributed by atoms with Gasteiger partial charge in [0.05, 0.1) is 5.69 Å². The van der Waals surface area contributed by atoms with Gasteiger partial charge in [-0.1, -0.05) is 48.0 Å². The molecule has 0 bridgehead atoms. The number of aromatic nitrogens is 1. The van der Waals surface area contributed by atoms with E-state index in [2.05, 4.69) is 76.7 Å². The predicted molar refractivity (Wildman–Crippen MR) is 106 cm³/mol. The van der Waals surface area contributed by atoms with Crippen molar-refractivity contribution in [3.05, 3.63) is 71.2 Å². The number of benzene rings is 2. The number of hydrogen-bond donors (Lipinski definition) is 0. The van der Waals surface area contributed by atoms with Crippen LogP contribution in [0, 0.1) is 6.92 Å². The number of piperazine rings is 1. The summed E-state index contributed by atoms with van der Waals surface area (Å²) in [6.07, 6.45) is 0. The summed E-state index contributed by atoms with van der Waals surface area (Å²) in [5.41, 5.74) is 5.03. The fraction of sp³-hybridized carbons (Fsp3) is 0.286. The van der Waals surface area contributed by atoms with E-state index < -0.39 is 0 Å². The molecule has 0 atom stereocenters. The Kier molecular flexibility index (Phi) is 4.81. The third-order valence-electron chi connectivity index (χ3n) is 4.73. The van der Waals surface area contributed by atoms with Crippen molar-refractivity contribution in [1.82, 2.24) is 9.88 Å². The van der Waals surface area contributed by atoms with E-state index in [1.54, 1.807) is 11.3 Å². The highest BCUT2D eigenvalue weighted by Crippen LogP contribution is 2.25. The molecule has 128 valence electrons. The molecule has 0 unspecified atom stereocenters. The van der Waals surface area contributed by atoms with Gasteiger partial charge in [0.15, 0.2) is 0 Å². The number of aryl methyl sites for hydroxylation is 1. The molecule has 25 heavy (non-hydrogen) atoms. The van der Waals surface area contributed by atoms with E-state index in [9.17, 15) is 0 Å². The zero-order chi connectivity index (χ0) is 17.1. The molecule has 4 rings (SSSR count). The first-order chi connectivity index (χ1) is 12.3. The van der Waals surface area contributed by atoms with Gasteiger partial charge in [-0.05, 0) is 19.1 Å². The van der Waals surface area contributed by atoms with Gasteiger partial charge in [-0.25, -0.2) is 4.98 Å². The molecular weight excluding hydrogens is 326 g/mol. The molecule has 1 saturated heterocycles. The SMILES string of the molecule is Cc1ccc(-c2nc(CN3CCN(c4ccccc4)CC3)cs2)cc1. The molecule has 1 aliphatic rings. The Balaban J connectivity index is 1.35. The highest BCUT2D eigenvalue weighted by atomic mass is 32.1. The molecule has 0 amide bonds. The van der Waals surface area contributed by atoms with Crippen LogP contribution in [0.25, 0.3) is 10.6 Å². The number of rotatable bonds is 4.